The molecule has 0 aliphatic heterocycles. The largest absolute Gasteiger partial charge is 0.377 e. The van der Waals surface area contributed by atoms with Gasteiger partial charge < -0.3 is 15.1 Å². The average Bonchev–Trinajstić information content (AvgIpc) is 3.43. The molecule has 0 heterocycles. The minimum atomic E-state index is -0.0493. The SMILES string of the molecule is CC(C)C(=O)N(Cc1cc(NC(=O)C2CC2)ccc1N(C)C)[C@@H](C)C(C)C. The molecule has 1 saturated carbocycles. The predicted molar refractivity (Wildman–Crippen MR) is 112 cm³/mol. The number of nitrogens with zero attached hydrogens (tertiary/aromatic N) is 2. The molecular formula is C22H35N3O2. The van der Waals surface area contributed by atoms with Crippen LogP contribution in [0.15, 0.2) is 18.2 Å². The van der Waals surface area contributed by atoms with Crippen molar-refractivity contribution in [1.82, 2.24) is 4.90 Å². The van der Waals surface area contributed by atoms with Gasteiger partial charge in [0.1, 0.15) is 0 Å². The Labute approximate surface area is 164 Å². The van der Waals surface area contributed by atoms with Gasteiger partial charge in [-0.2, -0.15) is 0 Å². The zero-order valence-electron chi connectivity index (χ0n) is 17.9. The fraction of sp³-hybridized carbons (Fsp3) is 0.636. The summed E-state index contributed by atoms with van der Waals surface area (Å²) < 4.78 is 0. The summed E-state index contributed by atoms with van der Waals surface area (Å²) in [5, 5.41) is 3.03. The topological polar surface area (TPSA) is 52.7 Å². The first-order valence-corrected chi connectivity index (χ1v) is 10.0. The Balaban J connectivity index is 2.33. The summed E-state index contributed by atoms with van der Waals surface area (Å²) >= 11 is 0. The van der Waals surface area contributed by atoms with Crippen LogP contribution >= 0.6 is 0 Å². The number of nitrogens with one attached hydrogen (secondary N) is 1. The van der Waals surface area contributed by atoms with E-state index in [-0.39, 0.29) is 29.7 Å². The number of anilines is 2. The lowest BCUT2D eigenvalue weighted by Crippen LogP contribution is -2.43. The summed E-state index contributed by atoms with van der Waals surface area (Å²) in [6.45, 7) is 10.8. The maximum atomic E-state index is 12.9. The van der Waals surface area contributed by atoms with Crippen molar-refractivity contribution >= 4 is 23.2 Å². The molecule has 150 valence electrons. The van der Waals surface area contributed by atoms with Gasteiger partial charge in [-0.05, 0) is 49.4 Å². The van der Waals surface area contributed by atoms with Crippen LogP contribution in [0.25, 0.3) is 0 Å². The predicted octanol–water partition coefficient (Wildman–Crippen LogP) is 4.13. The molecule has 1 aromatic rings. The third kappa shape index (κ3) is 5.47. The highest BCUT2D eigenvalue weighted by Gasteiger charge is 2.30. The van der Waals surface area contributed by atoms with E-state index < -0.39 is 0 Å². The van der Waals surface area contributed by atoms with Crippen LogP contribution in [0.2, 0.25) is 0 Å². The molecule has 0 radical (unpaired) electrons. The van der Waals surface area contributed by atoms with Gasteiger partial charge in [0.05, 0.1) is 0 Å². The van der Waals surface area contributed by atoms with E-state index in [0.29, 0.717) is 12.5 Å². The van der Waals surface area contributed by atoms with Crippen LogP contribution in [0.3, 0.4) is 0 Å². The number of carbonyl (C=O) groups is 2. The maximum Gasteiger partial charge on any atom is 0.227 e. The van der Waals surface area contributed by atoms with E-state index in [9.17, 15) is 9.59 Å². The molecular weight excluding hydrogens is 338 g/mol. The second kappa shape index (κ2) is 8.77. The van der Waals surface area contributed by atoms with Gasteiger partial charge in [-0.15, -0.1) is 0 Å². The van der Waals surface area contributed by atoms with Crippen LogP contribution in [0.1, 0.15) is 53.0 Å². The summed E-state index contributed by atoms with van der Waals surface area (Å²) in [6, 6.07) is 6.12. The van der Waals surface area contributed by atoms with Crippen LogP contribution in [0.5, 0.6) is 0 Å². The summed E-state index contributed by atoms with van der Waals surface area (Å²) in [5.74, 6) is 0.750. The quantitative estimate of drug-likeness (QED) is 0.745. The van der Waals surface area contributed by atoms with Crippen LogP contribution in [0, 0.1) is 17.8 Å². The Kier molecular flexibility index (Phi) is 6.90. The van der Waals surface area contributed by atoms with Gasteiger partial charge in [-0.3, -0.25) is 9.59 Å². The Hall–Kier alpha value is -2.04. The monoisotopic (exact) mass is 373 g/mol. The van der Waals surface area contributed by atoms with Gasteiger partial charge in [-0.25, -0.2) is 0 Å². The smallest absolute Gasteiger partial charge is 0.227 e. The Morgan fingerprint density at radius 2 is 1.74 bits per heavy atom. The maximum absolute atomic E-state index is 12.9. The van der Waals surface area contributed by atoms with Gasteiger partial charge >= 0.3 is 0 Å². The van der Waals surface area contributed by atoms with Crippen LogP contribution in [-0.2, 0) is 16.1 Å². The van der Waals surface area contributed by atoms with Crippen molar-refractivity contribution in [1.29, 1.82) is 0 Å². The van der Waals surface area contributed by atoms with E-state index >= 15 is 0 Å². The molecule has 0 aromatic heterocycles. The van der Waals surface area contributed by atoms with Gasteiger partial charge in [0, 0.05) is 49.9 Å². The van der Waals surface area contributed by atoms with Crippen molar-refractivity contribution in [3.05, 3.63) is 23.8 Å². The molecule has 2 amide bonds. The highest BCUT2D eigenvalue weighted by Crippen LogP contribution is 2.31. The first-order chi connectivity index (χ1) is 12.6. The van der Waals surface area contributed by atoms with Gasteiger partial charge in [-0.1, -0.05) is 27.7 Å². The third-order valence-electron chi connectivity index (χ3n) is 5.35. The molecule has 1 N–H and O–H groups in total. The van der Waals surface area contributed by atoms with Crippen molar-refractivity contribution in [3.8, 4) is 0 Å². The molecule has 1 aliphatic rings. The molecule has 1 fully saturated rings. The number of benzene rings is 1. The second-order valence-electron chi connectivity index (χ2n) is 8.61. The number of amides is 2. The summed E-state index contributed by atoms with van der Waals surface area (Å²) in [4.78, 5) is 29.0. The van der Waals surface area contributed by atoms with Crippen LogP contribution in [-0.4, -0.2) is 36.9 Å². The molecule has 5 heteroatoms. The first kappa shape index (κ1) is 21.3. The summed E-state index contributed by atoms with van der Waals surface area (Å²) in [6.07, 6.45) is 1.97. The number of hydrogen-bond acceptors (Lipinski definition) is 3. The summed E-state index contributed by atoms with van der Waals surface area (Å²) in [7, 11) is 4.00. The molecule has 27 heavy (non-hydrogen) atoms. The molecule has 1 atom stereocenters. The van der Waals surface area contributed by atoms with E-state index in [1.165, 1.54) is 0 Å². The average molecular weight is 374 g/mol. The molecule has 1 aliphatic carbocycles. The molecule has 2 rings (SSSR count). The van der Waals surface area contributed by atoms with Crippen molar-refractivity contribution in [2.75, 3.05) is 24.3 Å². The standard InChI is InChI=1S/C22H35N3O2/c1-14(2)16(5)25(22(27)15(3)4)13-18-12-19(10-11-20(18)24(6)7)23-21(26)17-8-9-17/h10-12,14-17H,8-9,13H2,1-7H3,(H,23,26)/t16-/m0/s1. The first-order valence-electron chi connectivity index (χ1n) is 10.0. The highest BCUT2D eigenvalue weighted by atomic mass is 16.2. The fourth-order valence-electron chi connectivity index (χ4n) is 3.11. The number of carbonyl (C=O) groups excluding carboxylic acids is 2. The van der Waals surface area contributed by atoms with Gasteiger partial charge in [0.15, 0.2) is 0 Å². The fourth-order valence-corrected chi connectivity index (χ4v) is 3.11. The lowest BCUT2D eigenvalue weighted by molar-refractivity contribution is -0.138. The Bertz CT molecular complexity index is 678. The molecule has 0 bridgehead atoms. The molecule has 5 nitrogen and oxygen atoms in total. The van der Waals surface area contributed by atoms with Crippen LogP contribution < -0.4 is 10.2 Å². The van der Waals surface area contributed by atoms with E-state index in [4.69, 9.17) is 0 Å². The zero-order chi connectivity index (χ0) is 20.3. The number of hydrogen-bond donors (Lipinski definition) is 1. The van der Waals surface area contributed by atoms with Crippen molar-refractivity contribution in [3.63, 3.8) is 0 Å². The van der Waals surface area contributed by atoms with E-state index in [2.05, 4.69) is 31.0 Å². The lowest BCUT2D eigenvalue weighted by Gasteiger charge is -2.34. The van der Waals surface area contributed by atoms with Gasteiger partial charge in [0.25, 0.3) is 0 Å². The Morgan fingerprint density at radius 3 is 2.22 bits per heavy atom. The minimum absolute atomic E-state index is 0.0493. The van der Waals surface area contributed by atoms with Crippen molar-refractivity contribution in [2.45, 2.75) is 60.0 Å². The Morgan fingerprint density at radius 1 is 1.11 bits per heavy atom. The third-order valence-corrected chi connectivity index (χ3v) is 5.35. The van der Waals surface area contributed by atoms with Crippen LogP contribution in [0.4, 0.5) is 11.4 Å². The van der Waals surface area contributed by atoms with E-state index in [1.54, 1.807) is 0 Å². The van der Waals surface area contributed by atoms with E-state index in [0.717, 1.165) is 29.8 Å². The second-order valence-corrected chi connectivity index (χ2v) is 8.61. The normalized spacial score (nSPS) is 15.0. The van der Waals surface area contributed by atoms with Crippen molar-refractivity contribution < 1.29 is 9.59 Å². The van der Waals surface area contributed by atoms with Crippen molar-refractivity contribution in [2.24, 2.45) is 17.8 Å². The molecule has 0 saturated heterocycles. The lowest BCUT2D eigenvalue weighted by atomic mass is 10.0. The molecule has 0 spiro atoms. The molecule has 0 unspecified atom stereocenters. The van der Waals surface area contributed by atoms with E-state index in [1.807, 2.05) is 51.0 Å². The highest BCUT2D eigenvalue weighted by molar-refractivity contribution is 5.94. The molecule has 1 aromatic carbocycles. The minimum Gasteiger partial charge on any atom is -0.377 e. The summed E-state index contributed by atoms with van der Waals surface area (Å²) in [5.41, 5.74) is 2.92. The number of rotatable bonds is 8. The zero-order valence-corrected chi connectivity index (χ0v) is 17.9. The van der Waals surface area contributed by atoms with Gasteiger partial charge in [0.2, 0.25) is 11.8 Å².